The van der Waals surface area contributed by atoms with Crippen LogP contribution in [0.2, 0.25) is 0 Å². The molecule has 1 unspecified atom stereocenters. The number of nitrogens with one attached hydrogen (secondary N) is 3. The molecule has 0 aromatic heterocycles. The third-order valence-corrected chi connectivity index (χ3v) is 8.04. The lowest BCUT2D eigenvalue weighted by molar-refractivity contribution is -0.161. The molecule has 0 aromatic carbocycles. The number of aliphatic hydroxyl groups excluding tert-OH is 1. The summed E-state index contributed by atoms with van der Waals surface area (Å²) in [5, 5.41) is 28.8. The fourth-order valence-corrected chi connectivity index (χ4v) is 6.70. The van der Waals surface area contributed by atoms with Crippen LogP contribution < -0.4 is 16.0 Å². The fourth-order valence-electron chi connectivity index (χ4n) is 5.28. The Bertz CT molecular complexity index is 790. The summed E-state index contributed by atoms with van der Waals surface area (Å²) in [6.07, 6.45) is 1.03. The number of carbonyl (C=O) groups is 3. The molecule has 11 heteroatoms. The van der Waals surface area contributed by atoms with Gasteiger partial charge in [-0.15, -0.1) is 11.8 Å². The van der Waals surface area contributed by atoms with E-state index in [0.717, 1.165) is 37.3 Å². The second-order valence-electron chi connectivity index (χ2n) is 8.84. The number of hydrogen-bond donors (Lipinski definition) is 5. The average Bonchev–Trinajstić information content (AvgIpc) is 3.40. The molecule has 172 valence electrons. The summed E-state index contributed by atoms with van der Waals surface area (Å²) in [4.78, 5) is 37.5. The Morgan fingerprint density at radius 2 is 2.10 bits per heavy atom. The van der Waals surface area contributed by atoms with Crippen molar-refractivity contribution in [3.8, 4) is 0 Å². The molecular weight excluding hydrogens is 424 g/mol. The summed E-state index contributed by atoms with van der Waals surface area (Å²) in [5.41, 5.74) is 0. The topological polar surface area (TPSA) is 140 Å². The van der Waals surface area contributed by atoms with Crippen molar-refractivity contribution in [1.82, 2.24) is 20.9 Å². The van der Waals surface area contributed by atoms with Gasteiger partial charge in [0.15, 0.2) is 0 Å². The van der Waals surface area contributed by atoms with Crippen molar-refractivity contribution in [2.24, 2.45) is 11.8 Å². The molecule has 31 heavy (non-hydrogen) atoms. The number of thioether (sulfide) groups is 1. The summed E-state index contributed by atoms with van der Waals surface area (Å²) in [6.45, 7) is 3.20. The van der Waals surface area contributed by atoms with Crippen LogP contribution in [0.5, 0.6) is 0 Å². The zero-order valence-corrected chi connectivity index (χ0v) is 18.5. The normalized spacial score (nSPS) is 35.7. The average molecular weight is 455 g/mol. The standard InChI is InChI=1S/C20H30N4O6S/c1-9(25)16-14-6-15(19(30-20(28)29)24(14)18(16)27)31-12-5-11(22-8-12)3-10-4-13(23-7-10)17(26)21-2/h9-14,16,22-23,25H,3-8H2,1-2H3,(H,21,26)(H,28,29)/t9-,10?,11-,12+,13+,14-,16-/m1/s1. The van der Waals surface area contributed by atoms with Gasteiger partial charge in [-0.05, 0) is 38.6 Å². The molecule has 7 atom stereocenters. The molecule has 3 fully saturated rings. The maximum atomic E-state index is 12.4. The Labute approximate surface area is 185 Å². The highest BCUT2D eigenvalue weighted by molar-refractivity contribution is 8.03. The van der Waals surface area contributed by atoms with Gasteiger partial charge in [-0.1, -0.05) is 0 Å². The van der Waals surface area contributed by atoms with Gasteiger partial charge in [0.2, 0.25) is 17.7 Å². The predicted octanol–water partition coefficient (Wildman–Crippen LogP) is 0.0395. The van der Waals surface area contributed by atoms with E-state index in [2.05, 4.69) is 16.0 Å². The molecule has 0 bridgehead atoms. The van der Waals surface area contributed by atoms with Crippen LogP contribution in [0.15, 0.2) is 10.8 Å². The molecule has 0 aromatic rings. The molecule has 4 aliphatic rings. The van der Waals surface area contributed by atoms with Gasteiger partial charge in [0, 0.05) is 36.2 Å². The second-order valence-corrected chi connectivity index (χ2v) is 10.2. The summed E-state index contributed by atoms with van der Waals surface area (Å²) < 4.78 is 4.98. The van der Waals surface area contributed by atoms with Gasteiger partial charge in [0.05, 0.1) is 24.1 Å². The van der Waals surface area contributed by atoms with E-state index in [1.165, 1.54) is 4.90 Å². The van der Waals surface area contributed by atoms with E-state index in [4.69, 9.17) is 9.84 Å². The van der Waals surface area contributed by atoms with Gasteiger partial charge >= 0.3 is 6.16 Å². The van der Waals surface area contributed by atoms with Gasteiger partial charge in [0.1, 0.15) is 0 Å². The van der Waals surface area contributed by atoms with Gasteiger partial charge in [-0.25, -0.2) is 4.79 Å². The van der Waals surface area contributed by atoms with Crippen LogP contribution in [0, 0.1) is 11.8 Å². The second kappa shape index (κ2) is 8.97. The maximum absolute atomic E-state index is 12.4. The first kappa shape index (κ1) is 22.4. The van der Waals surface area contributed by atoms with E-state index in [-0.39, 0.29) is 35.0 Å². The lowest BCUT2D eigenvalue weighted by Crippen LogP contribution is -2.61. The van der Waals surface area contributed by atoms with Crippen molar-refractivity contribution in [1.29, 1.82) is 0 Å². The quantitative estimate of drug-likeness (QED) is 0.266. The molecular formula is C20H30N4O6S. The largest absolute Gasteiger partial charge is 0.512 e. The van der Waals surface area contributed by atoms with E-state index >= 15 is 0 Å². The highest BCUT2D eigenvalue weighted by atomic mass is 32.2. The van der Waals surface area contributed by atoms with Gasteiger partial charge in [0.25, 0.3) is 0 Å². The number of β-lactam (4-membered cyclic amide) rings is 1. The molecule has 4 heterocycles. The van der Waals surface area contributed by atoms with Crippen LogP contribution in [0.4, 0.5) is 4.79 Å². The van der Waals surface area contributed by atoms with E-state index in [9.17, 15) is 19.5 Å². The minimum atomic E-state index is -1.44. The van der Waals surface area contributed by atoms with Crippen molar-refractivity contribution >= 4 is 29.7 Å². The van der Waals surface area contributed by atoms with Crippen molar-refractivity contribution in [3.63, 3.8) is 0 Å². The molecule has 3 saturated heterocycles. The smallest absolute Gasteiger partial charge is 0.449 e. The van der Waals surface area contributed by atoms with Crippen LogP contribution in [0.1, 0.15) is 32.6 Å². The SMILES string of the molecule is CNC(=O)[C@@H]1CC(C[C@@H]2C[C@H](SC3=C(OC(=O)O)N4C(=O)[C@H]([C@@H](C)O)[C@H]4C3)CN2)CN1. The Morgan fingerprint density at radius 3 is 2.77 bits per heavy atom. The van der Waals surface area contributed by atoms with Crippen LogP contribution >= 0.6 is 11.8 Å². The van der Waals surface area contributed by atoms with Crippen molar-refractivity contribution in [2.45, 2.75) is 62.1 Å². The van der Waals surface area contributed by atoms with E-state index < -0.39 is 18.2 Å². The highest BCUT2D eigenvalue weighted by Crippen LogP contribution is 2.49. The summed E-state index contributed by atoms with van der Waals surface area (Å²) in [6, 6.07) is -0.0203. The van der Waals surface area contributed by atoms with Crippen molar-refractivity contribution in [3.05, 3.63) is 10.8 Å². The predicted molar refractivity (Wildman–Crippen MR) is 113 cm³/mol. The van der Waals surface area contributed by atoms with Crippen molar-refractivity contribution < 1.29 is 29.3 Å². The number of fused-ring (bicyclic) bond motifs is 1. The van der Waals surface area contributed by atoms with Crippen LogP contribution in [0.25, 0.3) is 0 Å². The molecule has 5 N–H and O–H groups in total. The van der Waals surface area contributed by atoms with Crippen molar-refractivity contribution in [2.75, 3.05) is 20.1 Å². The number of carbonyl (C=O) groups excluding carboxylic acids is 2. The molecule has 0 radical (unpaired) electrons. The molecule has 0 aliphatic carbocycles. The van der Waals surface area contributed by atoms with Crippen LogP contribution in [-0.4, -0.2) is 82.7 Å². The number of amides is 2. The number of nitrogens with zero attached hydrogens (tertiary/aromatic N) is 1. The third kappa shape index (κ3) is 4.41. The summed E-state index contributed by atoms with van der Waals surface area (Å²) in [7, 11) is 1.65. The number of aliphatic hydroxyl groups is 1. The third-order valence-electron chi connectivity index (χ3n) is 6.72. The molecule has 10 nitrogen and oxygen atoms in total. The van der Waals surface area contributed by atoms with Crippen LogP contribution in [0.3, 0.4) is 0 Å². The van der Waals surface area contributed by atoms with E-state index in [1.54, 1.807) is 25.7 Å². The number of hydrogen-bond acceptors (Lipinski definition) is 8. The summed E-state index contributed by atoms with van der Waals surface area (Å²) >= 11 is 1.57. The van der Waals surface area contributed by atoms with E-state index in [1.807, 2.05) is 0 Å². The number of carboxylic acid groups (broad SMARTS) is 1. The van der Waals surface area contributed by atoms with Gasteiger partial charge in [-0.2, -0.15) is 0 Å². The first-order chi connectivity index (χ1) is 14.8. The molecule has 4 rings (SSSR count). The zero-order valence-electron chi connectivity index (χ0n) is 17.7. The number of ether oxygens (including phenoxy) is 1. The molecule has 0 saturated carbocycles. The minimum Gasteiger partial charge on any atom is -0.449 e. The van der Waals surface area contributed by atoms with E-state index in [0.29, 0.717) is 18.4 Å². The molecule has 0 spiro atoms. The maximum Gasteiger partial charge on any atom is 0.512 e. The number of rotatable bonds is 7. The summed E-state index contributed by atoms with van der Waals surface area (Å²) in [5.74, 6) is -0.214. The first-order valence-electron chi connectivity index (χ1n) is 10.8. The van der Waals surface area contributed by atoms with Gasteiger partial charge < -0.3 is 30.9 Å². The number of likely N-dealkylation sites (N-methyl/N-ethyl adjacent to an activating group) is 1. The Hall–Kier alpha value is -1.82. The zero-order chi connectivity index (χ0) is 22.3. The van der Waals surface area contributed by atoms with Crippen LogP contribution in [-0.2, 0) is 14.3 Å². The Kier molecular flexibility index (Phi) is 6.47. The first-order valence-corrected chi connectivity index (χ1v) is 11.7. The molecule has 4 aliphatic heterocycles. The highest BCUT2D eigenvalue weighted by Gasteiger charge is 2.57. The Balaban J connectivity index is 1.34. The lowest BCUT2D eigenvalue weighted by Gasteiger charge is -2.44. The molecule has 2 amide bonds. The fraction of sp³-hybridized carbons (Fsp3) is 0.750. The minimum absolute atomic E-state index is 0.0316. The Morgan fingerprint density at radius 1 is 1.32 bits per heavy atom. The lowest BCUT2D eigenvalue weighted by atomic mass is 9.84. The van der Waals surface area contributed by atoms with Gasteiger partial charge in [-0.3, -0.25) is 14.5 Å². The monoisotopic (exact) mass is 454 g/mol.